The van der Waals surface area contributed by atoms with Crippen LogP contribution in [0.5, 0.6) is 0 Å². The molecule has 5 aromatic rings. The molecule has 250 valence electrons. The van der Waals surface area contributed by atoms with E-state index in [9.17, 15) is 13.0 Å². The normalized spacial score (nSPS) is 12.9. The van der Waals surface area contributed by atoms with Crippen molar-refractivity contribution in [2.45, 2.75) is 101 Å². The SMILES string of the molecule is CCCCCCCCCCCC(c1ccc(S(=O)(=O)[O-])cc1)[S+](c1ccccc1)c1ccc(-c2ccc(Sc3ccccc3)cc2)cc1. The van der Waals surface area contributed by atoms with E-state index in [1.807, 2.05) is 18.2 Å². The Morgan fingerprint density at radius 3 is 1.60 bits per heavy atom. The minimum Gasteiger partial charge on any atom is -0.744 e. The molecule has 0 radical (unpaired) electrons. The lowest BCUT2D eigenvalue weighted by molar-refractivity contribution is 0.463. The molecule has 0 amide bonds. The van der Waals surface area contributed by atoms with Gasteiger partial charge in [-0.2, -0.15) is 0 Å². The number of unbranched alkanes of at least 4 members (excludes halogenated alkanes) is 8. The van der Waals surface area contributed by atoms with Crippen LogP contribution in [0.4, 0.5) is 0 Å². The standard InChI is InChI=1S/C42H46O3S3/c1-2-3-4-5-6-7-8-9-16-21-42(36-26-32-41(33-27-36)48(43,44)45)47(39-19-14-11-15-20-39)40-30-24-35(25-31-40)34-22-28-38(29-23-34)46-37-17-12-10-13-18-37/h10-15,17-20,22-33,42H,2-9,16,21H2,1H3. The largest absolute Gasteiger partial charge is 0.744 e. The van der Waals surface area contributed by atoms with E-state index in [-0.39, 0.29) is 21.0 Å². The molecule has 0 aliphatic carbocycles. The highest BCUT2D eigenvalue weighted by atomic mass is 32.2. The zero-order chi connectivity index (χ0) is 33.6. The van der Waals surface area contributed by atoms with Crippen LogP contribution in [0.2, 0.25) is 0 Å². The van der Waals surface area contributed by atoms with Gasteiger partial charge in [0.05, 0.1) is 15.8 Å². The maximum absolute atomic E-state index is 11.7. The predicted octanol–water partition coefficient (Wildman–Crippen LogP) is 12.1. The quantitative estimate of drug-likeness (QED) is 0.0520. The van der Waals surface area contributed by atoms with Gasteiger partial charge >= 0.3 is 0 Å². The number of rotatable bonds is 18. The molecule has 0 aromatic heterocycles. The van der Waals surface area contributed by atoms with Gasteiger partial charge in [-0.15, -0.1) is 0 Å². The molecule has 0 fully saturated rings. The van der Waals surface area contributed by atoms with Crippen molar-refractivity contribution in [1.82, 2.24) is 0 Å². The summed E-state index contributed by atoms with van der Waals surface area (Å²) >= 11 is 1.76. The molecule has 6 heteroatoms. The third-order valence-electron chi connectivity index (χ3n) is 8.67. The Labute approximate surface area is 295 Å². The van der Waals surface area contributed by atoms with Gasteiger partial charge in [0.1, 0.15) is 10.1 Å². The van der Waals surface area contributed by atoms with E-state index in [1.54, 1.807) is 11.8 Å². The van der Waals surface area contributed by atoms with Gasteiger partial charge in [-0.25, -0.2) is 8.42 Å². The minimum atomic E-state index is -4.50. The highest BCUT2D eigenvalue weighted by Crippen LogP contribution is 2.41. The van der Waals surface area contributed by atoms with Gasteiger partial charge in [0.2, 0.25) is 0 Å². The van der Waals surface area contributed by atoms with E-state index < -0.39 is 10.1 Å². The molecule has 3 nitrogen and oxygen atoms in total. The molecule has 0 aliphatic heterocycles. The molecule has 0 heterocycles. The second-order valence-corrected chi connectivity index (χ2v) is 17.0. The Kier molecular flexibility index (Phi) is 13.9. The molecule has 5 rings (SSSR count). The van der Waals surface area contributed by atoms with E-state index in [0.29, 0.717) is 0 Å². The van der Waals surface area contributed by atoms with Crippen LogP contribution in [0.15, 0.2) is 158 Å². The Hall–Kier alpha value is -3.29. The van der Waals surface area contributed by atoms with Crippen molar-refractivity contribution in [2.75, 3.05) is 0 Å². The van der Waals surface area contributed by atoms with E-state index >= 15 is 0 Å². The fraction of sp³-hybridized carbons (Fsp3) is 0.286. The van der Waals surface area contributed by atoms with E-state index in [2.05, 4.69) is 110 Å². The van der Waals surface area contributed by atoms with Gasteiger partial charge in [-0.1, -0.05) is 131 Å². The molecule has 2 atom stereocenters. The van der Waals surface area contributed by atoms with Gasteiger partial charge < -0.3 is 4.55 Å². The molecule has 0 aliphatic rings. The van der Waals surface area contributed by atoms with Gasteiger partial charge in [0.15, 0.2) is 15.0 Å². The highest BCUT2D eigenvalue weighted by Gasteiger charge is 2.36. The number of hydrogen-bond acceptors (Lipinski definition) is 4. The van der Waals surface area contributed by atoms with Crippen LogP contribution < -0.4 is 0 Å². The summed E-state index contributed by atoms with van der Waals surface area (Å²) in [6.07, 6.45) is 12.4. The first-order chi connectivity index (χ1) is 23.4. The summed E-state index contributed by atoms with van der Waals surface area (Å²) in [5, 5.41) is 0.153. The first-order valence-corrected chi connectivity index (χ1v) is 20.7. The zero-order valence-corrected chi connectivity index (χ0v) is 30.2. The van der Waals surface area contributed by atoms with E-state index in [4.69, 9.17) is 0 Å². The Bertz CT molecular complexity index is 1760. The molecular weight excluding hydrogens is 649 g/mol. The van der Waals surface area contributed by atoms with Crippen molar-refractivity contribution in [3.63, 3.8) is 0 Å². The summed E-state index contributed by atoms with van der Waals surface area (Å²) < 4.78 is 35.2. The van der Waals surface area contributed by atoms with Crippen LogP contribution in [-0.4, -0.2) is 13.0 Å². The van der Waals surface area contributed by atoms with Crippen molar-refractivity contribution < 1.29 is 13.0 Å². The molecule has 5 aromatic carbocycles. The van der Waals surface area contributed by atoms with E-state index in [1.165, 1.54) is 94.2 Å². The molecule has 0 spiro atoms. The monoisotopic (exact) mass is 694 g/mol. The minimum absolute atomic E-state index is 0.153. The molecule has 2 unspecified atom stereocenters. The van der Waals surface area contributed by atoms with Crippen molar-refractivity contribution in [1.29, 1.82) is 0 Å². The average Bonchev–Trinajstić information content (AvgIpc) is 3.11. The summed E-state index contributed by atoms with van der Waals surface area (Å²) in [5.74, 6) is 0. The lowest BCUT2D eigenvalue weighted by atomic mass is 10.0. The fourth-order valence-electron chi connectivity index (χ4n) is 6.08. The lowest BCUT2D eigenvalue weighted by Crippen LogP contribution is -2.16. The molecule has 0 N–H and O–H groups in total. The van der Waals surface area contributed by atoms with Crippen LogP contribution in [0.25, 0.3) is 11.1 Å². The van der Waals surface area contributed by atoms with Crippen LogP contribution in [0.1, 0.15) is 81.9 Å². The van der Waals surface area contributed by atoms with Gasteiger partial charge in [-0.3, -0.25) is 0 Å². The topological polar surface area (TPSA) is 57.2 Å². The second kappa shape index (κ2) is 18.5. The zero-order valence-electron chi connectivity index (χ0n) is 27.8. The number of benzene rings is 5. The molecule has 0 bridgehead atoms. The summed E-state index contributed by atoms with van der Waals surface area (Å²) in [7, 11) is -4.81. The van der Waals surface area contributed by atoms with Crippen molar-refractivity contribution in [2.24, 2.45) is 0 Å². The van der Waals surface area contributed by atoms with Crippen LogP contribution >= 0.6 is 11.8 Å². The smallest absolute Gasteiger partial charge is 0.161 e. The summed E-state index contributed by atoms with van der Waals surface area (Å²) in [6.45, 7) is 2.26. The molecule has 0 saturated carbocycles. The predicted molar refractivity (Wildman–Crippen MR) is 202 cm³/mol. The molecule has 48 heavy (non-hydrogen) atoms. The average molecular weight is 695 g/mol. The van der Waals surface area contributed by atoms with Crippen LogP contribution in [0, 0.1) is 0 Å². The fourth-order valence-corrected chi connectivity index (χ4v) is 10.0. The third-order valence-corrected chi connectivity index (χ3v) is 13.2. The van der Waals surface area contributed by atoms with Gasteiger partial charge in [0.25, 0.3) is 0 Å². The van der Waals surface area contributed by atoms with Crippen LogP contribution in [-0.2, 0) is 21.0 Å². The Morgan fingerprint density at radius 1 is 0.562 bits per heavy atom. The van der Waals surface area contributed by atoms with Gasteiger partial charge in [-0.05, 0) is 90.3 Å². The summed E-state index contributed by atoms with van der Waals surface area (Å²) in [6, 6.07) is 45.5. The van der Waals surface area contributed by atoms with E-state index in [0.717, 1.165) is 18.4 Å². The van der Waals surface area contributed by atoms with Crippen LogP contribution in [0.3, 0.4) is 0 Å². The van der Waals surface area contributed by atoms with Gasteiger partial charge in [0, 0.05) is 21.8 Å². The number of hydrogen-bond donors (Lipinski definition) is 0. The lowest BCUT2D eigenvalue weighted by Gasteiger charge is -2.21. The first-order valence-electron chi connectivity index (χ1n) is 17.2. The van der Waals surface area contributed by atoms with Crippen molar-refractivity contribution in [3.8, 4) is 11.1 Å². The molecule has 0 saturated heterocycles. The van der Waals surface area contributed by atoms with Crippen molar-refractivity contribution >= 4 is 32.8 Å². The second-order valence-electron chi connectivity index (χ2n) is 12.2. The Balaban J connectivity index is 1.37. The first kappa shape index (κ1) is 36.0. The highest BCUT2D eigenvalue weighted by molar-refractivity contribution is 7.99. The summed E-state index contributed by atoms with van der Waals surface area (Å²) in [5.41, 5.74) is 3.43. The molecular formula is C42H46O3S3. The third kappa shape index (κ3) is 10.6. The van der Waals surface area contributed by atoms with Crippen molar-refractivity contribution in [3.05, 3.63) is 139 Å². The maximum atomic E-state index is 11.7. The maximum Gasteiger partial charge on any atom is 0.161 e. The Morgan fingerprint density at radius 2 is 1.04 bits per heavy atom. The summed E-state index contributed by atoms with van der Waals surface area (Å²) in [4.78, 5) is 4.77.